The van der Waals surface area contributed by atoms with E-state index < -0.39 is 17.7 Å². The van der Waals surface area contributed by atoms with Gasteiger partial charge in [-0.15, -0.1) is 0 Å². The fourth-order valence-corrected chi connectivity index (χ4v) is 1.43. The zero-order valence-electron chi connectivity index (χ0n) is 10.3. The number of carbonyl (C=O) groups excluding carboxylic acids is 3. The second kappa shape index (κ2) is 7.12. The third-order valence-corrected chi connectivity index (χ3v) is 2.29. The Morgan fingerprint density at radius 3 is 2.42 bits per heavy atom. The molecule has 102 valence electrons. The first kappa shape index (κ1) is 14.7. The number of hydrogen-bond acceptors (Lipinski definition) is 4. The molecule has 1 aromatic carbocycles. The molecule has 0 spiro atoms. The molecule has 0 atom stereocenters. The molecule has 0 bridgehead atoms. The summed E-state index contributed by atoms with van der Waals surface area (Å²) in [5.41, 5.74) is 11.3. The average Bonchev–Trinajstić information content (AvgIpc) is 2.37. The zero-order valence-corrected chi connectivity index (χ0v) is 10.3. The number of nitrogens with one attached hydrogen (secondary N) is 2. The quantitative estimate of drug-likeness (QED) is 0.510. The van der Waals surface area contributed by atoms with Gasteiger partial charge in [0.1, 0.15) is 0 Å². The molecule has 0 radical (unpaired) electrons. The highest BCUT2D eigenvalue weighted by molar-refractivity contribution is 5.95. The van der Waals surface area contributed by atoms with Crippen molar-refractivity contribution >= 4 is 23.4 Å². The summed E-state index contributed by atoms with van der Waals surface area (Å²) in [5, 5.41) is 4.94. The molecule has 0 saturated carbocycles. The van der Waals surface area contributed by atoms with Crippen LogP contribution in [0.3, 0.4) is 0 Å². The molecular weight excluding hydrogens is 248 g/mol. The molecule has 6 N–H and O–H groups in total. The summed E-state index contributed by atoms with van der Waals surface area (Å²) < 4.78 is 0. The molecule has 7 nitrogen and oxygen atoms in total. The highest BCUT2D eigenvalue weighted by atomic mass is 16.2. The van der Waals surface area contributed by atoms with E-state index in [9.17, 15) is 14.4 Å². The van der Waals surface area contributed by atoms with E-state index >= 15 is 0 Å². The molecule has 0 saturated heterocycles. The standard InChI is InChI=1S/C12H16N4O3/c13-6-11(18)15-7-12(19)16-9-4-2-1-3-8(9)5-10(14)17/h1-4H,5-7,13H2,(H2,14,17)(H,15,18)(H,16,19). The molecule has 0 aliphatic rings. The molecular formula is C12H16N4O3. The van der Waals surface area contributed by atoms with Gasteiger partial charge in [-0.25, -0.2) is 0 Å². The Morgan fingerprint density at radius 2 is 1.79 bits per heavy atom. The lowest BCUT2D eigenvalue weighted by molar-refractivity contribution is -0.123. The number of nitrogens with two attached hydrogens (primary N) is 2. The van der Waals surface area contributed by atoms with E-state index in [0.717, 1.165) is 0 Å². The number of rotatable bonds is 6. The second-order valence-corrected chi connectivity index (χ2v) is 3.83. The van der Waals surface area contributed by atoms with Gasteiger partial charge in [-0.05, 0) is 11.6 Å². The van der Waals surface area contributed by atoms with E-state index in [2.05, 4.69) is 10.6 Å². The smallest absolute Gasteiger partial charge is 0.243 e. The Bertz CT molecular complexity index is 488. The number of benzene rings is 1. The molecule has 1 rings (SSSR count). The van der Waals surface area contributed by atoms with Gasteiger partial charge in [0.25, 0.3) is 0 Å². The number of primary amides is 1. The molecule has 0 heterocycles. The van der Waals surface area contributed by atoms with Crippen LogP contribution in [0.25, 0.3) is 0 Å². The van der Waals surface area contributed by atoms with E-state index in [1.807, 2.05) is 0 Å². The largest absolute Gasteiger partial charge is 0.369 e. The van der Waals surface area contributed by atoms with Crippen molar-refractivity contribution in [2.24, 2.45) is 11.5 Å². The lowest BCUT2D eigenvalue weighted by atomic mass is 10.1. The fourth-order valence-electron chi connectivity index (χ4n) is 1.43. The van der Waals surface area contributed by atoms with E-state index in [1.54, 1.807) is 24.3 Å². The van der Waals surface area contributed by atoms with Crippen LogP contribution in [0.4, 0.5) is 5.69 Å². The van der Waals surface area contributed by atoms with Gasteiger partial charge in [-0.2, -0.15) is 0 Å². The molecule has 0 aliphatic carbocycles. The van der Waals surface area contributed by atoms with Crippen molar-refractivity contribution in [2.45, 2.75) is 6.42 Å². The number of anilines is 1. The van der Waals surface area contributed by atoms with Gasteiger partial charge in [0.05, 0.1) is 19.5 Å². The molecule has 3 amide bonds. The maximum absolute atomic E-state index is 11.6. The molecule has 19 heavy (non-hydrogen) atoms. The van der Waals surface area contributed by atoms with Gasteiger partial charge in [-0.3, -0.25) is 14.4 Å². The van der Waals surface area contributed by atoms with Crippen LogP contribution < -0.4 is 22.1 Å². The van der Waals surface area contributed by atoms with Gasteiger partial charge >= 0.3 is 0 Å². The van der Waals surface area contributed by atoms with Crippen molar-refractivity contribution in [1.29, 1.82) is 0 Å². The highest BCUT2D eigenvalue weighted by Crippen LogP contribution is 2.15. The van der Waals surface area contributed by atoms with E-state index in [-0.39, 0.29) is 19.5 Å². The highest BCUT2D eigenvalue weighted by Gasteiger charge is 2.09. The Kier molecular flexibility index (Phi) is 5.49. The van der Waals surface area contributed by atoms with Crippen molar-refractivity contribution in [3.63, 3.8) is 0 Å². The summed E-state index contributed by atoms with van der Waals surface area (Å²) in [6.45, 7) is -0.355. The van der Waals surface area contributed by atoms with Crippen molar-refractivity contribution in [2.75, 3.05) is 18.4 Å². The summed E-state index contributed by atoms with van der Waals surface area (Å²) >= 11 is 0. The first-order valence-electron chi connectivity index (χ1n) is 5.65. The van der Waals surface area contributed by atoms with Crippen LogP contribution in [-0.4, -0.2) is 30.8 Å². The molecule has 0 fully saturated rings. The third kappa shape index (κ3) is 5.17. The van der Waals surface area contributed by atoms with Gasteiger partial charge in [0, 0.05) is 5.69 Å². The van der Waals surface area contributed by atoms with E-state index in [1.165, 1.54) is 0 Å². The Morgan fingerprint density at radius 1 is 1.11 bits per heavy atom. The van der Waals surface area contributed by atoms with E-state index in [4.69, 9.17) is 11.5 Å². The number of carbonyl (C=O) groups is 3. The van der Waals surface area contributed by atoms with Crippen LogP contribution in [0.15, 0.2) is 24.3 Å². The molecule has 0 aromatic heterocycles. The van der Waals surface area contributed by atoms with Crippen molar-refractivity contribution in [3.8, 4) is 0 Å². The summed E-state index contributed by atoms with van der Waals surface area (Å²) in [5.74, 6) is -1.31. The minimum Gasteiger partial charge on any atom is -0.369 e. The van der Waals surface area contributed by atoms with Crippen LogP contribution in [-0.2, 0) is 20.8 Å². The minimum atomic E-state index is -0.488. The van der Waals surface area contributed by atoms with Crippen LogP contribution in [0.5, 0.6) is 0 Å². The third-order valence-electron chi connectivity index (χ3n) is 2.29. The number of hydrogen-bond donors (Lipinski definition) is 4. The van der Waals surface area contributed by atoms with Gasteiger partial charge in [0.2, 0.25) is 17.7 Å². The maximum atomic E-state index is 11.6. The minimum absolute atomic E-state index is 0.0333. The summed E-state index contributed by atoms with van der Waals surface area (Å²) in [6.07, 6.45) is 0.0333. The molecule has 1 aromatic rings. The summed E-state index contributed by atoms with van der Waals surface area (Å²) in [6, 6.07) is 6.81. The molecule has 0 aliphatic heterocycles. The predicted octanol–water partition coefficient (Wildman–Crippen LogP) is -1.27. The average molecular weight is 264 g/mol. The monoisotopic (exact) mass is 264 g/mol. The Labute approximate surface area is 110 Å². The number of para-hydroxylation sites is 1. The van der Waals surface area contributed by atoms with Gasteiger partial charge in [-0.1, -0.05) is 18.2 Å². The Balaban J connectivity index is 2.63. The lowest BCUT2D eigenvalue weighted by Crippen LogP contribution is -2.36. The van der Waals surface area contributed by atoms with Crippen molar-refractivity contribution in [3.05, 3.63) is 29.8 Å². The van der Waals surface area contributed by atoms with Crippen LogP contribution in [0.2, 0.25) is 0 Å². The van der Waals surface area contributed by atoms with Gasteiger partial charge in [0.15, 0.2) is 0 Å². The lowest BCUT2D eigenvalue weighted by Gasteiger charge is -2.10. The first-order valence-corrected chi connectivity index (χ1v) is 5.65. The predicted molar refractivity (Wildman–Crippen MR) is 70.0 cm³/mol. The topological polar surface area (TPSA) is 127 Å². The Hall–Kier alpha value is -2.41. The van der Waals surface area contributed by atoms with Crippen molar-refractivity contribution in [1.82, 2.24) is 5.32 Å². The fraction of sp³-hybridized carbons (Fsp3) is 0.250. The van der Waals surface area contributed by atoms with Crippen molar-refractivity contribution < 1.29 is 14.4 Å². The maximum Gasteiger partial charge on any atom is 0.243 e. The normalized spacial score (nSPS) is 9.74. The van der Waals surface area contributed by atoms with Crippen LogP contribution in [0.1, 0.15) is 5.56 Å². The van der Waals surface area contributed by atoms with E-state index in [0.29, 0.717) is 11.3 Å². The van der Waals surface area contributed by atoms with Crippen LogP contribution >= 0.6 is 0 Å². The summed E-state index contributed by atoms with van der Waals surface area (Å²) in [4.78, 5) is 33.4. The SMILES string of the molecule is NCC(=O)NCC(=O)Nc1ccccc1CC(N)=O. The molecule has 7 heteroatoms. The zero-order chi connectivity index (χ0) is 14.3. The van der Waals surface area contributed by atoms with Gasteiger partial charge < -0.3 is 22.1 Å². The first-order chi connectivity index (χ1) is 9.02. The number of amides is 3. The second-order valence-electron chi connectivity index (χ2n) is 3.83. The molecule has 0 unspecified atom stereocenters. The summed E-state index contributed by atoms with van der Waals surface area (Å²) in [7, 11) is 0. The van der Waals surface area contributed by atoms with Crippen LogP contribution in [0, 0.1) is 0 Å².